The minimum atomic E-state index is 0.796. The number of hydrogen-bond donors (Lipinski definition) is 0. The highest BCUT2D eigenvalue weighted by atomic mass is 28.2. The van der Waals surface area contributed by atoms with Gasteiger partial charge in [-0.25, -0.2) is 0 Å². The molecule has 17 heavy (non-hydrogen) atoms. The molecule has 0 nitrogen and oxygen atoms in total. The van der Waals surface area contributed by atoms with Crippen LogP contribution in [0.3, 0.4) is 0 Å². The summed E-state index contributed by atoms with van der Waals surface area (Å²) in [6.45, 7) is 0. The molecule has 0 fully saturated rings. The third-order valence-electron chi connectivity index (χ3n) is 3.58. The number of hydrogen-bond acceptors (Lipinski definition) is 0. The molecule has 0 amide bonds. The lowest BCUT2D eigenvalue weighted by Crippen LogP contribution is -2.15. The Bertz CT molecular complexity index is 490. The first-order valence-corrected chi connectivity index (χ1v) is 7.51. The second-order valence-corrected chi connectivity index (χ2v) is 6.02. The number of rotatable bonds is 3. The van der Waals surface area contributed by atoms with Gasteiger partial charge in [-0.3, -0.25) is 0 Å². The van der Waals surface area contributed by atoms with Crippen LogP contribution in [0.25, 0.3) is 0 Å². The average molecular weight is 236 g/mol. The maximum atomic E-state index is 2.32. The standard InChI is InChI=1S/C16H16Si/c1-2-7-15(8-3-1)17-12-14-11-10-13-6-4-5-9-16(13)14/h1-9,14H,10-12H2. The van der Waals surface area contributed by atoms with Crippen LogP contribution >= 0.6 is 0 Å². The van der Waals surface area contributed by atoms with Gasteiger partial charge in [0.15, 0.2) is 0 Å². The van der Waals surface area contributed by atoms with Crippen molar-refractivity contribution in [3.63, 3.8) is 0 Å². The van der Waals surface area contributed by atoms with E-state index in [2.05, 4.69) is 54.6 Å². The first-order valence-electron chi connectivity index (χ1n) is 6.30. The number of fused-ring (bicyclic) bond motifs is 1. The van der Waals surface area contributed by atoms with E-state index in [0.29, 0.717) is 0 Å². The van der Waals surface area contributed by atoms with Gasteiger partial charge in [0.2, 0.25) is 0 Å². The molecule has 0 aromatic heterocycles. The van der Waals surface area contributed by atoms with Gasteiger partial charge >= 0.3 is 0 Å². The number of benzene rings is 2. The molecule has 0 saturated heterocycles. The van der Waals surface area contributed by atoms with Gasteiger partial charge < -0.3 is 0 Å². The minimum Gasteiger partial charge on any atom is -0.0642 e. The Morgan fingerprint density at radius 2 is 1.71 bits per heavy atom. The van der Waals surface area contributed by atoms with Crippen LogP contribution < -0.4 is 5.19 Å². The molecular weight excluding hydrogens is 220 g/mol. The zero-order chi connectivity index (χ0) is 11.5. The van der Waals surface area contributed by atoms with Crippen molar-refractivity contribution in [1.82, 2.24) is 0 Å². The smallest absolute Gasteiger partial charge is 0.0642 e. The van der Waals surface area contributed by atoms with Crippen LogP contribution in [0, 0.1) is 0 Å². The van der Waals surface area contributed by atoms with Gasteiger partial charge in [-0.1, -0.05) is 59.8 Å². The Balaban J connectivity index is 1.68. The molecule has 2 aromatic rings. The maximum Gasteiger partial charge on any atom is 0.0814 e. The van der Waals surface area contributed by atoms with E-state index in [1.807, 2.05) is 0 Å². The summed E-state index contributed by atoms with van der Waals surface area (Å²) < 4.78 is 0. The molecule has 1 heteroatoms. The van der Waals surface area contributed by atoms with E-state index in [-0.39, 0.29) is 0 Å². The molecule has 84 valence electrons. The van der Waals surface area contributed by atoms with E-state index in [1.165, 1.54) is 24.1 Å². The van der Waals surface area contributed by atoms with Crippen molar-refractivity contribution < 1.29 is 0 Å². The summed E-state index contributed by atoms with van der Waals surface area (Å²) in [5, 5.41) is 1.50. The second kappa shape index (κ2) is 4.88. The molecule has 2 radical (unpaired) electrons. The van der Waals surface area contributed by atoms with Gasteiger partial charge in [0.1, 0.15) is 0 Å². The largest absolute Gasteiger partial charge is 0.0814 e. The zero-order valence-corrected chi connectivity index (χ0v) is 10.9. The summed E-state index contributed by atoms with van der Waals surface area (Å²) in [6, 6.07) is 21.2. The van der Waals surface area contributed by atoms with Crippen LogP contribution in [-0.2, 0) is 6.42 Å². The SMILES string of the molecule is c1ccc([Si]CC2CCc3ccccc32)cc1. The minimum absolute atomic E-state index is 0.796. The van der Waals surface area contributed by atoms with Crippen molar-refractivity contribution in [3.8, 4) is 0 Å². The molecular formula is C16H16Si. The lowest BCUT2D eigenvalue weighted by atomic mass is 10.0. The van der Waals surface area contributed by atoms with Crippen molar-refractivity contribution in [2.24, 2.45) is 0 Å². The van der Waals surface area contributed by atoms with Gasteiger partial charge in [-0.2, -0.15) is 0 Å². The fourth-order valence-corrected chi connectivity index (χ4v) is 3.99. The van der Waals surface area contributed by atoms with Gasteiger partial charge in [0, 0.05) is 0 Å². The molecule has 0 heterocycles. The van der Waals surface area contributed by atoms with Gasteiger partial charge in [-0.05, 0) is 35.9 Å². The van der Waals surface area contributed by atoms with E-state index in [4.69, 9.17) is 0 Å². The Morgan fingerprint density at radius 1 is 0.941 bits per heavy atom. The molecule has 2 aromatic carbocycles. The monoisotopic (exact) mass is 236 g/mol. The van der Waals surface area contributed by atoms with Gasteiger partial charge in [-0.15, -0.1) is 0 Å². The molecule has 0 aliphatic heterocycles. The summed E-state index contributed by atoms with van der Waals surface area (Å²) in [5.41, 5.74) is 3.19. The highest BCUT2D eigenvalue weighted by Crippen LogP contribution is 2.35. The molecule has 0 bridgehead atoms. The first kappa shape index (κ1) is 10.8. The normalized spacial score (nSPS) is 18.0. The van der Waals surface area contributed by atoms with E-state index in [1.54, 1.807) is 11.1 Å². The molecule has 1 aliphatic carbocycles. The highest BCUT2D eigenvalue weighted by molar-refractivity contribution is 6.53. The lowest BCUT2D eigenvalue weighted by Gasteiger charge is -2.10. The van der Waals surface area contributed by atoms with E-state index in [9.17, 15) is 0 Å². The summed E-state index contributed by atoms with van der Waals surface area (Å²) in [4.78, 5) is 0. The van der Waals surface area contributed by atoms with Crippen LogP contribution in [0.1, 0.15) is 23.5 Å². The molecule has 1 unspecified atom stereocenters. The molecule has 3 rings (SSSR count). The Morgan fingerprint density at radius 3 is 2.59 bits per heavy atom. The summed E-state index contributed by atoms with van der Waals surface area (Å²) in [5.74, 6) is 0.796. The zero-order valence-electron chi connectivity index (χ0n) is 9.89. The highest BCUT2D eigenvalue weighted by Gasteiger charge is 2.21. The number of aryl methyl sites for hydroxylation is 1. The quantitative estimate of drug-likeness (QED) is 0.718. The molecule has 0 spiro atoms. The fraction of sp³-hybridized carbons (Fsp3) is 0.250. The molecule has 1 atom stereocenters. The topological polar surface area (TPSA) is 0 Å². The Hall–Kier alpha value is -1.34. The van der Waals surface area contributed by atoms with Gasteiger partial charge in [0.25, 0.3) is 0 Å². The molecule has 0 N–H and O–H groups in total. The maximum absolute atomic E-state index is 2.32. The van der Waals surface area contributed by atoms with E-state index < -0.39 is 0 Å². The van der Waals surface area contributed by atoms with Crippen molar-refractivity contribution in [2.75, 3.05) is 0 Å². The van der Waals surface area contributed by atoms with Crippen molar-refractivity contribution >= 4 is 14.7 Å². The fourth-order valence-electron chi connectivity index (χ4n) is 2.65. The van der Waals surface area contributed by atoms with Crippen molar-refractivity contribution in [1.29, 1.82) is 0 Å². The molecule has 0 saturated carbocycles. The third-order valence-corrected chi connectivity index (χ3v) is 5.02. The Labute approximate surface area is 106 Å². The van der Waals surface area contributed by atoms with E-state index >= 15 is 0 Å². The Kier molecular flexibility index (Phi) is 3.10. The summed E-state index contributed by atoms with van der Waals surface area (Å²) in [6.07, 6.45) is 2.62. The predicted octanol–water partition coefficient (Wildman–Crippen LogP) is 3.16. The predicted molar refractivity (Wildman–Crippen MR) is 74.1 cm³/mol. The van der Waals surface area contributed by atoms with Crippen LogP contribution in [0.4, 0.5) is 0 Å². The van der Waals surface area contributed by atoms with Crippen molar-refractivity contribution in [2.45, 2.75) is 24.8 Å². The third kappa shape index (κ3) is 2.34. The summed E-state index contributed by atoms with van der Waals surface area (Å²) >= 11 is 0. The van der Waals surface area contributed by atoms with Crippen LogP contribution in [0.15, 0.2) is 54.6 Å². The molecule has 1 aliphatic rings. The van der Waals surface area contributed by atoms with Crippen LogP contribution in [0.5, 0.6) is 0 Å². The van der Waals surface area contributed by atoms with E-state index in [0.717, 1.165) is 15.4 Å². The van der Waals surface area contributed by atoms with Crippen LogP contribution in [-0.4, -0.2) is 9.52 Å². The average Bonchev–Trinajstić information content (AvgIpc) is 2.81. The van der Waals surface area contributed by atoms with Crippen LogP contribution in [0.2, 0.25) is 6.04 Å². The van der Waals surface area contributed by atoms with Gasteiger partial charge in [0.05, 0.1) is 9.52 Å². The lowest BCUT2D eigenvalue weighted by molar-refractivity contribution is 0.744. The second-order valence-electron chi connectivity index (χ2n) is 4.68. The summed E-state index contributed by atoms with van der Waals surface area (Å²) in [7, 11) is 0.950. The van der Waals surface area contributed by atoms with Crippen molar-refractivity contribution in [3.05, 3.63) is 65.7 Å². The first-order chi connectivity index (χ1) is 8.43.